The van der Waals surface area contributed by atoms with E-state index in [1.807, 2.05) is 27.7 Å². The van der Waals surface area contributed by atoms with Gasteiger partial charge in [0.15, 0.2) is 6.61 Å². The SMILES string of the molecule is CC(C)CN(CC(C)C)C(=O)COC(=O)c1ccc(Br)c([N+](=O)[O-])c1. The molecule has 0 N–H and O–H groups in total. The minimum absolute atomic E-state index is 0.0296. The summed E-state index contributed by atoms with van der Waals surface area (Å²) in [6, 6.07) is 3.93. The zero-order chi connectivity index (χ0) is 19.1. The highest BCUT2D eigenvalue weighted by Crippen LogP contribution is 2.25. The standard InChI is InChI=1S/C17H23BrN2O5/c1-11(2)8-19(9-12(3)4)16(21)10-25-17(22)13-5-6-14(18)15(7-13)20(23)24/h5-7,11-12H,8-10H2,1-4H3. The number of benzene rings is 1. The normalized spacial score (nSPS) is 10.8. The lowest BCUT2D eigenvalue weighted by atomic mass is 10.1. The molecule has 0 aliphatic heterocycles. The summed E-state index contributed by atoms with van der Waals surface area (Å²) in [5, 5.41) is 10.9. The van der Waals surface area contributed by atoms with E-state index in [4.69, 9.17) is 4.74 Å². The van der Waals surface area contributed by atoms with E-state index in [9.17, 15) is 19.7 Å². The molecule has 0 aromatic heterocycles. The molecule has 0 saturated heterocycles. The van der Waals surface area contributed by atoms with Gasteiger partial charge in [-0.3, -0.25) is 14.9 Å². The summed E-state index contributed by atoms with van der Waals surface area (Å²) in [6.45, 7) is 8.81. The predicted molar refractivity (Wildman–Crippen MR) is 97.3 cm³/mol. The van der Waals surface area contributed by atoms with Gasteiger partial charge in [0.1, 0.15) is 0 Å². The molecule has 0 radical (unpaired) electrons. The maximum Gasteiger partial charge on any atom is 0.338 e. The summed E-state index contributed by atoms with van der Waals surface area (Å²) in [6.07, 6.45) is 0. The third-order valence-electron chi connectivity index (χ3n) is 3.23. The van der Waals surface area contributed by atoms with Crippen LogP contribution in [0.5, 0.6) is 0 Å². The Hall–Kier alpha value is -1.96. The molecule has 8 heteroatoms. The fraction of sp³-hybridized carbons (Fsp3) is 0.529. The number of nitro groups is 1. The van der Waals surface area contributed by atoms with Crippen LogP contribution in [0.15, 0.2) is 22.7 Å². The first-order chi connectivity index (χ1) is 11.6. The van der Waals surface area contributed by atoms with Gasteiger partial charge in [0.25, 0.3) is 11.6 Å². The monoisotopic (exact) mass is 414 g/mol. The molecule has 0 fully saturated rings. The van der Waals surface area contributed by atoms with E-state index in [1.165, 1.54) is 12.1 Å². The van der Waals surface area contributed by atoms with E-state index in [0.717, 1.165) is 6.07 Å². The summed E-state index contributed by atoms with van der Waals surface area (Å²) >= 11 is 3.05. The molecule has 0 aliphatic rings. The number of carbonyl (C=O) groups excluding carboxylic acids is 2. The molecule has 0 spiro atoms. The molecule has 25 heavy (non-hydrogen) atoms. The predicted octanol–water partition coefficient (Wildman–Crippen LogP) is 3.65. The topological polar surface area (TPSA) is 89.8 Å². The van der Waals surface area contributed by atoms with Gasteiger partial charge in [0, 0.05) is 19.2 Å². The Morgan fingerprint density at radius 3 is 2.24 bits per heavy atom. The number of carbonyl (C=O) groups is 2. The van der Waals surface area contributed by atoms with E-state index in [0.29, 0.717) is 24.9 Å². The summed E-state index contributed by atoms with van der Waals surface area (Å²) in [4.78, 5) is 36.4. The van der Waals surface area contributed by atoms with Crippen LogP contribution < -0.4 is 0 Å². The van der Waals surface area contributed by atoms with Gasteiger partial charge in [-0.15, -0.1) is 0 Å². The number of nitro benzene ring substituents is 1. The van der Waals surface area contributed by atoms with Crippen LogP contribution in [0.3, 0.4) is 0 Å². The van der Waals surface area contributed by atoms with Crippen LogP contribution in [0.1, 0.15) is 38.1 Å². The van der Waals surface area contributed by atoms with Crippen molar-refractivity contribution in [3.8, 4) is 0 Å². The van der Waals surface area contributed by atoms with E-state index >= 15 is 0 Å². The lowest BCUT2D eigenvalue weighted by Gasteiger charge is -2.26. The number of hydrogen-bond acceptors (Lipinski definition) is 5. The number of esters is 1. The summed E-state index contributed by atoms with van der Waals surface area (Å²) in [7, 11) is 0. The molecule has 7 nitrogen and oxygen atoms in total. The number of ether oxygens (including phenoxy) is 1. The maximum atomic E-state index is 12.3. The second-order valence-electron chi connectivity index (χ2n) is 6.59. The number of halogens is 1. The summed E-state index contributed by atoms with van der Waals surface area (Å²) in [5.74, 6) is -0.444. The highest BCUT2D eigenvalue weighted by atomic mass is 79.9. The quantitative estimate of drug-likeness (QED) is 0.367. The molecule has 0 unspecified atom stereocenters. The first-order valence-corrected chi connectivity index (χ1v) is 8.80. The van der Waals surface area contributed by atoms with Crippen molar-refractivity contribution in [3.63, 3.8) is 0 Å². The first kappa shape index (κ1) is 21.1. The molecule has 0 heterocycles. The molecule has 0 saturated carbocycles. The van der Waals surface area contributed by atoms with Gasteiger partial charge in [-0.05, 0) is 39.9 Å². The van der Waals surface area contributed by atoms with Crippen LogP contribution >= 0.6 is 15.9 Å². The van der Waals surface area contributed by atoms with Crippen molar-refractivity contribution in [1.82, 2.24) is 4.90 Å². The van der Waals surface area contributed by atoms with Gasteiger partial charge in [0.2, 0.25) is 0 Å². The van der Waals surface area contributed by atoms with Crippen molar-refractivity contribution in [1.29, 1.82) is 0 Å². The van der Waals surface area contributed by atoms with Crippen LogP contribution in [-0.2, 0) is 9.53 Å². The number of rotatable bonds is 8. The molecule has 1 aromatic rings. The highest BCUT2D eigenvalue weighted by Gasteiger charge is 2.20. The van der Waals surface area contributed by atoms with E-state index in [-0.39, 0.29) is 28.2 Å². The third kappa shape index (κ3) is 6.81. The van der Waals surface area contributed by atoms with Gasteiger partial charge in [0.05, 0.1) is 15.0 Å². The molecular formula is C17H23BrN2O5. The smallest absolute Gasteiger partial charge is 0.338 e. The fourth-order valence-electron chi connectivity index (χ4n) is 2.24. The zero-order valence-corrected chi connectivity index (χ0v) is 16.4. The van der Waals surface area contributed by atoms with Crippen molar-refractivity contribution < 1.29 is 19.2 Å². The minimum atomic E-state index is -0.766. The Labute approximate surface area is 155 Å². The second kappa shape index (κ2) is 9.50. The Kier molecular flexibility index (Phi) is 8.02. The van der Waals surface area contributed by atoms with Gasteiger partial charge in [-0.2, -0.15) is 0 Å². The lowest BCUT2D eigenvalue weighted by molar-refractivity contribution is -0.385. The van der Waals surface area contributed by atoms with Crippen LogP contribution in [0.4, 0.5) is 5.69 Å². The molecule has 1 rings (SSSR count). The highest BCUT2D eigenvalue weighted by molar-refractivity contribution is 9.10. The van der Waals surface area contributed by atoms with Crippen LogP contribution in [0.2, 0.25) is 0 Å². The average molecular weight is 415 g/mol. The number of nitrogens with zero attached hydrogens (tertiary/aromatic N) is 2. The van der Waals surface area contributed by atoms with Crippen molar-refractivity contribution >= 4 is 33.5 Å². The largest absolute Gasteiger partial charge is 0.452 e. The molecule has 0 aliphatic carbocycles. The van der Waals surface area contributed by atoms with E-state index < -0.39 is 10.9 Å². The Bertz CT molecular complexity index is 636. The Morgan fingerprint density at radius 1 is 1.20 bits per heavy atom. The van der Waals surface area contributed by atoms with Crippen LogP contribution in [0, 0.1) is 22.0 Å². The minimum Gasteiger partial charge on any atom is -0.452 e. The van der Waals surface area contributed by atoms with Gasteiger partial charge < -0.3 is 9.64 Å². The van der Waals surface area contributed by atoms with Gasteiger partial charge in [-0.1, -0.05) is 27.7 Å². The number of hydrogen-bond donors (Lipinski definition) is 0. The first-order valence-electron chi connectivity index (χ1n) is 8.00. The Balaban J connectivity index is 2.75. The van der Waals surface area contributed by atoms with Crippen LogP contribution in [0.25, 0.3) is 0 Å². The maximum absolute atomic E-state index is 12.3. The van der Waals surface area contributed by atoms with Crippen molar-refractivity contribution in [2.45, 2.75) is 27.7 Å². The van der Waals surface area contributed by atoms with Crippen molar-refractivity contribution in [3.05, 3.63) is 38.3 Å². The van der Waals surface area contributed by atoms with Crippen LogP contribution in [-0.4, -0.2) is 41.4 Å². The second-order valence-corrected chi connectivity index (χ2v) is 7.44. The molecule has 138 valence electrons. The van der Waals surface area contributed by atoms with Crippen molar-refractivity contribution in [2.75, 3.05) is 19.7 Å². The fourth-order valence-corrected chi connectivity index (χ4v) is 2.63. The summed E-state index contributed by atoms with van der Waals surface area (Å²) in [5.41, 5.74) is -0.205. The van der Waals surface area contributed by atoms with E-state index in [1.54, 1.807) is 4.90 Å². The number of amides is 1. The van der Waals surface area contributed by atoms with Crippen molar-refractivity contribution in [2.24, 2.45) is 11.8 Å². The lowest BCUT2D eigenvalue weighted by Crippen LogP contribution is -2.39. The molecular weight excluding hydrogens is 392 g/mol. The van der Waals surface area contributed by atoms with E-state index in [2.05, 4.69) is 15.9 Å². The molecule has 1 amide bonds. The van der Waals surface area contributed by atoms with Gasteiger partial charge in [-0.25, -0.2) is 4.79 Å². The van der Waals surface area contributed by atoms with Gasteiger partial charge >= 0.3 is 5.97 Å². The average Bonchev–Trinajstić information content (AvgIpc) is 2.50. The molecule has 0 bridgehead atoms. The molecule has 0 atom stereocenters. The Morgan fingerprint density at radius 2 is 1.76 bits per heavy atom. The summed E-state index contributed by atoms with van der Waals surface area (Å²) < 4.78 is 5.31. The molecule has 1 aromatic carbocycles. The zero-order valence-electron chi connectivity index (χ0n) is 14.8. The third-order valence-corrected chi connectivity index (χ3v) is 3.90.